The van der Waals surface area contributed by atoms with Crippen LogP contribution in [0.4, 0.5) is 10.1 Å². The van der Waals surface area contributed by atoms with Gasteiger partial charge in [-0.1, -0.05) is 0 Å². The van der Waals surface area contributed by atoms with E-state index in [9.17, 15) is 14.3 Å². The highest BCUT2D eigenvalue weighted by Crippen LogP contribution is 2.26. The summed E-state index contributed by atoms with van der Waals surface area (Å²) in [4.78, 5) is 14.8. The third-order valence-corrected chi connectivity index (χ3v) is 2.72. The van der Waals surface area contributed by atoms with Crippen molar-refractivity contribution in [3.63, 3.8) is 0 Å². The molecular weight excluding hydrogens is 235 g/mol. The van der Waals surface area contributed by atoms with Crippen molar-refractivity contribution in [1.82, 2.24) is 4.90 Å². The molecule has 4 nitrogen and oxygen atoms in total. The molecule has 0 aliphatic heterocycles. The molecule has 0 saturated carbocycles. The van der Waals surface area contributed by atoms with Gasteiger partial charge >= 0.3 is 0 Å². The monoisotopic (exact) mass is 254 g/mol. The van der Waals surface area contributed by atoms with Gasteiger partial charge < -0.3 is 14.9 Å². The molecule has 18 heavy (non-hydrogen) atoms. The summed E-state index contributed by atoms with van der Waals surface area (Å²) in [5.74, 6) is -0.458. The largest absolute Gasteiger partial charge is 0.389 e. The lowest BCUT2D eigenvalue weighted by atomic mass is 10.1. The minimum Gasteiger partial charge on any atom is -0.389 e. The van der Waals surface area contributed by atoms with Crippen molar-refractivity contribution in [2.24, 2.45) is 0 Å². The Kier molecular flexibility index (Phi) is 4.67. The van der Waals surface area contributed by atoms with Crippen LogP contribution in [0, 0.1) is 5.82 Å². The molecular formula is C13H19FN2O2. The maximum atomic E-state index is 13.2. The summed E-state index contributed by atoms with van der Waals surface area (Å²) in [6.45, 7) is 1.75. The third-order valence-electron chi connectivity index (χ3n) is 2.72. The fourth-order valence-electron chi connectivity index (χ4n) is 1.64. The van der Waals surface area contributed by atoms with Crippen molar-refractivity contribution in [1.29, 1.82) is 0 Å². The normalized spacial score (nSPS) is 12.1. The van der Waals surface area contributed by atoms with Crippen LogP contribution in [0.1, 0.15) is 18.6 Å². The fourth-order valence-corrected chi connectivity index (χ4v) is 1.64. The second-order valence-corrected chi connectivity index (χ2v) is 4.52. The van der Waals surface area contributed by atoms with Gasteiger partial charge in [-0.25, -0.2) is 4.39 Å². The number of likely N-dealkylation sites (N-methyl/N-ethyl adjacent to an activating group) is 2. The molecule has 0 bridgehead atoms. The lowest BCUT2D eigenvalue weighted by Gasteiger charge is -2.24. The van der Waals surface area contributed by atoms with Gasteiger partial charge in [0.25, 0.3) is 0 Å². The number of carbonyl (C=O) groups excluding carboxylic acids is 1. The van der Waals surface area contributed by atoms with Gasteiger partial charge in [0.15, 0.2) is 0 Å². The third kappa shape index (κ3) is 3.43. The van der Waals surface area contributed by atoms with Crippen LogP contribution in [-0.2, 0) is 4.79 Å². The molecule has 0 unspecified atom stereocenters. The first-order valence-electron chi connectivity index (χ1n) is 5.71. The van der Waals surface area contributed by atoms with Crippen LogP contribution < -0.4 is 4.90 Å². The molecule has 1 N–H and O–H groups in total. The highest BCUT2D eigenvalue weighted by molar-refractivity contribution is 5.81. The summed E-state index contributed by atoms with van der Waals surface area (Å²) in [6.07, 6.45) is -0.785. The van der Waals surface area contributed by atoms with Gasteiger partial charge in [0, 0.05) is 32.4 Å². The van der Waals surface area contributed by atoms with Crippen LogP contribution in [0.25, 0.3) is 0 Å². The zero-order valence-corrected chi connectivity index (χ0v) is 11.1. The zero-order valence-electron chi connectivity index (χ0n) is 11.1. The number of halogens is 1. The highest BCUT2D eigenvalue weighted by atomic mass is 19.1. The van der Waals surface area contributed by atoms with Crippen LogP contribution in [-0.4, -0.2) is 43.6 Å². The van der Waals surface area contributed by atoms with E-state index >= 15 is 0 Å². The molecule has 5 heteroatoms. The van der Waals surface area contributed by atoms with Crippen molar-refractivity contribution in [2.75, 3.05) is 32.6 Å². The molecule has 0 aromatic heterocycles. The summed E-state index contributed by atoms with van der Waals surface area (Å²) in [5, 5.41) is 9.63. The van der Waals surface area contributed by atoms with Crippen LogP contribution >= 0.6 is 0 Å². The van der Waals surface area contributed by atoms with Crippen LogP contribution in [0.15, 0.2) is 18.2 Å². The van der Waals surface area contributed by atoms with E-state index in [1.54, 1.807) is 39.0 Å². The zero-order chi connectivity index (χ0) is 13.9. The molecule has 1 atom stereocenters. The predicted molar refractivity (Wildman–Crippen MR) is 69.0 cm³/mol. The van der Waals surface area contributed by atoms with Crippen LogP contribution in [0.3, 0.4) is 0 Å². The molecule has 0 radical (unpaired) electrons. The quantitative estimate of drug-likeness (QED) is 0.883. The van der Waals surface area contributed by atoms with Crippen molar-refractivity contribution in [3.05, 3.63) is 29.6 Å². The van der Waals surface area contributed by atoms with E-state index in [2.05, 4.69) is 0 Å². The van der Waals surface area contributed by atoms with Gasteiger partial charge in [0.1, 0.15) is 5.82 Å². The number of anilines is 1. The first-order valence-corrected chi connectivity index (χ1v) is 5.71. The Bertz CT molecular complexity index is 433. The minimum atomic E-state index is -0.785. The molecule has 0 aliphatic carbocycles. The average Bonchev–Trinajstić information content (AvgIpc) is 2.28. The number of aliphatic hydroxyl groups is 1. The Morgan fingerprint density at radius 1 is 1.39 bits per heavy atom. The van der Waals surface area contributed by atoms with Gasteiger partial charge in [-0.05, 0) is 25.1 Å². The van der Waals surface area contributed by atoms with E-state index in [-0.39, 0.29) is 12.5 Å². The Balaban J connectivity index is 2.98. The number of hydrogen-bond donors (Lipinski definition) is 1. The molecule has 0 spiro atoms. The topological polar surface area (TPSA) is 43.8 Å². The molecule has 1 rings (SSSR count). The maximum absolute atomic E-state index is 13.2. The van der Waals surface area contributed by atoms with E-state index in [1.807, 2.05) is 0 Å². The Morgan fingerprint density at radius 2 is 2.00 bits per heavy atom. The van der Waals surface area contributed by atoms with Crippen molar-refractivity contribution >= 4 is 11.6 Å². The second kappa shape index (κ2) is 5.82. The summed E-state index contributed by atoms with van der Waals surface area (Å²) < 4.78 is 13.2. The summed E-state index contributed by atoms with van der Waals surface area (Å²) in [5.41, 5.74) is 1.13. The van der Waals surface area contributed by atoms with E-state index in [0.29, 0.717) is 11.3 Å². The predicted octanol–water partition coefficient (Wildman–Crippen LogP) is 1.40. The Morgan fingerprint density at radius 3 is 2.50 bits per heavy atom. The summed E-state index contributed by atoms with van der Waals surface area (Å²) in [7, 11) is 5.09. The number of nitrogens with zero attached hydrogens (tertiary/aromatic N) is 2. The number of hydrogen-bond acceptors (Lipinski definition) is 3. The smallest absolute Gasteiger partial charge is 0.241 e. The maximum Gasteiger partial charge on any atom is 0.241 e. The highest BCUT2D eigenvalue weighted by Gasteiger charge is 2.15. The number of benzene rings is 1. The summed E-state index contributed by atoms with van der Waals surface area (Å²) in [6, 6.07) is 4.18. The molecule has 1 aromatic rings. The van der Waals surface area contributed by atoms with Gasteiger partial charge in [0.2, 0.25) is 5.91 Å². The lowest BCUT2D eigenvalue weighted by Crippen LogP contribution is -2.34. The molecule has 1 amide bonds. The Labute approximate surface area is 107 Å². The molecule has 0 fully saturated rings. The molecule has 0 saturated heterocycles. The van der Waals surface area contributed by atoms with E-state index in [4.69, 9.17) is 0 Å². The SMILES string of the molecule is C[C@H](O)c1cc(F)ccc1N(C)CC(=O)N(C)C. The average molecular weight is 254 g/mol. The standard InChI is InChI=1S/C13H19FN2O2/c1-9(17)11-7-10(14)5-6-12(11)16(4)8-13(18)15(2)3/h5-7,9,17H,8H2,1-4H3/t9-/m0/s1. The number of amides is 1. The van der Waals surface area contributed by atoms with Gasteiger partial charge in [-0.3, -0.25) is 4.79 Å². The van der Waals surface area contributed by atoms with E-state index < -0.39 is 11.9 Å². The van der Waals surface area contributed by atoms with E-state index in [1.165, 1.54) is 17.0 Å². The minimum absolute atomic E-state index is 0.0571. The summed E-state index contributed by atoms with van der Waals surface area (Å²) >= 11 is 0. The molecule has 1 aromatic carbocycles. The van der Waals surface area contributed by atoms with Crippen LogP contribution in [0.2, 0.25) is 0 Å². The fraction of sp³-hybridized carbons (Fsp3) is 0.462. The van der Waals surface area contributed by atoms with Gasteiger partial charge in [-0.2, -0.15) is 0 Å². The molecule has 100 valence electrons. The van der Waals surface area contributed by atoms with Crippen molar-refractivity contribution < 1.29 is 14.3 Å². The molecule has 0 heterocycles. The van der Waals surface area contributed by atoms with Crippen molar-refractivity contribution in [2.45, 2.75) is 13.0 Å². The van der Waals surface area contributed by atoms with E-state index in [0.717, 1.165) is 0 Å². The lowest BCUT2D eigenvalue weighted by molar-refractivity contribution is -0.127. The van der Waals surface area contributed by atoms with Gasteiger partial charge in [0.05, 0.1) is 12.6 Å². The Hall–Kier alpha value is -1.62. The number of rotatable bonds is 4. The molecule has 0 aliphatic rings. The number of aliphatic hydroxyl groups excluding tert-OH is 1. The van der Waals surface area contributed by atoms with Crippen LogP contribution in [0.5, 0.6) is 0 Å². The van der Waals surface area contributed by atoms with Crippen molar-refractivity contribution in [3.8, 4) is 0 Å². The first kappa shape index (κ1) is 14.4. The van der Waals surface area contributed by atoms with Gasteiger partial charge in [-0.15, -0.1) is 0 Å². The second-order valence-electron chi connectivity index (χ2n) is 4.52. The number of carbonyl (C=O) groups is 1. The first-order chi connectivity index (χ1) is 8.32.